The smallest absolute Gasteiger partial charge is 0.175 e. The first-order valence-corrected chi connectivity index (χ1v) is 7.02. The first kappa shape index (κ1) is 15.2. The molecule has 2 aromatic rings. The number of halogens is 4. The summed E-state index contributed by atoms with van der Waals surface area (Å²) in [7, 11) is 0. The Bertz CT molecular complexity index is 667. The Morgan fingerprint density at radius 1 is 1.10 bits per heavy atom. The fourth-order valence-electron chi connectivity index (χ4n) is 1.47. The van der Waals surface area contributed by atoms with Gasteiger partial charge in [0.2, 0.25) is 0 Å². The molecule has 0 amide bonds. The molecule has 0 fully saturated rings. The molecule has 0 heterocycles. The van der Waals surface area contributed by atoms with Gasteiger partial charge in [-0.2, -0.15) is 0 Å². The Balaban J connectivity index is 2.11. The van der Waals surface area contributed by atoms with Crippen molar-refractivity contribution in [1.82, 2.24) is 0 Å². The maximum absolute atomic E-state index is 13.7. The molecule has 0 radical (unpaired) electrons. The third kappa shape index (κ3) is 3.65. The molecule has 0 aliphatic rings. The second-order valence-electron chi connectivity index (χ2n) is 3.80. The van der Waals surface area contributed by atoms with Crippen molar-refractivity contribution in [3.8, 4) is 0 Å². The summed E-state index contributed by atoms with van der Waals surface area (Å²) in [5.74, 6) is -0.960. The van der Waals surface area contributed by atoms with Crippen molar-refractivity contribution >= 4 is 56.2 Å². The highest BCUT2D eigenvalue weighted by atomic mass is 79.9. The predicted octanol–water partition coefficient (Wildman–Crippen LogP) is 5.19. The lowest BCUT2D eigenvalue weighted by atomic mass is 10.3. The number of hydrogen-bond donors (Lipinski definition) is 2. The van der Waals surface area contributed by atoms with Crippen LogP contribution in [0.4, 0.5) is 20.2 Å². The van der Waals surface area contributed by atoms with Gasteiger partial charge in [0.1, 0.15) is 5.82 Å². The zero-order chi connectivity index (χ0) is 14.7. The van der Waals surface area contributed by atoms with Crippen LogP contribution in [0.25, 0.3) is 0 Å². The summed E-state index contributed by atoms with van der Waals surface area (Å²) < 4.78 is 27.2. The second-order valence-corrected chi connectivity index (χ2v) is 5.47. The minimum atomic E-state index is -0.587. The topological polar surface area (TPSA) is 24.1 Å². The molecule has 2 rings (SSSR count). The minimum absolute atomic E-state index is 0.000706. The zero-order valence-electron chi connectivity index (χ0n) is 9.88. The van der Waals surface area contributed by atoms with E-state index in [-0.39, 0.29) is 21.6 Å². The molecule has 0 saturated heterocycles. The lowest BCUT2D eigenvalue weighted by molar-refractivity contribution is 0.627. The molecule has 2 nitrogen and oxygen atoms in total. The van der Waals surface area contributed by atoms with Gasteiger partial charge in [0, 0.05) is 4.47 Å². The lowest BCUT2D eigenvalue weighted by Gasteiger charge is -2.12. The van der Waals surface area contributed by atoms with E-state index >= 15 is 0 Å². The van der Waals surface area contributed by atoms with E-state index in [1.807, 2.05) is 0 Å². The van der Waals surface area contributed by atoms with Crippen LogP contribution in [0.5, 0.6) is 0 Å². The summed E-state index contributed by atoms with van der Waals surface area (Å²) >= 11 is 13.9. The van der Waals surface area contributed by atoms with Crippen molar-refractivity contribution in [2.75, 3.05) is 10.6 Å². The normalized spacial score (nSPS) is 10.2. The maximum Gasteiger partial charge on any atom is 0.175 e. The summed E-state index contributed by atoms with van der Waals surface area (Å²) in [6.45, 7) is 0. The van der Waals surface area contributed by atoms with Crippen LogP contribution in [0.1, 0.15) is 0 Å². The molecule has 2 aromatic carbocycles. The molecule has 0 unspecified atom stereocenters. The summed E-state index contributed by atoms with van der Waals surface area (Å²) in [4.78, 5) is 0. The molecule has 0 atom stereocenters. The number of rotatable bonds is 2. The second kappa shape index (κ2) is 6.47. The molecule has 0 aliphatic heterocycles. The average Bonchev–Trinajstić information content (AvgIpc) is 2.38. The Labute approximate surface area is 133 Å². The van der Waals surface area contributed by atoms with E-state index in [2.05, 4.69) is 26.6 Å². The van der Waals surface area contributed by atoms with Gasteiger partial charge in [-0.15, -0.1) is 0 Å². The Morgan fingerprint density at radius 2 is 1.80 bits per heavy atom. The van der Waals surface area contributed by atoms with Crippen LogP contribution < -0.4 is 10.6 Å². The monoisotopic (exact) mass is 376 g/mol. The summed E-state index contributed by atoms with van der Waals surface area (Å²) in [5.41, 5.74) is 0.722. The predicted molar refractivity (Wildman–Crippen MR) is 85.4 cm³/mol. The van der Waals surface area contributed by atoms with Gasteiger partial charge < -0.3 is 10.6 Å². The Hall–Kier alpha value is -1.24. The van der Waals surface area contributed by atoms with Crippen LogP contribution in [-0.4, -0.2) is 5.11 Å². The maximum atomic E-state index is 13.7. The molecule has 20 heavy (non-hydrogen) atoms. The van der Waals surface area contributed by atoms with Gasteiger partial charge >= 0.3 is 0 Å². The highest BCUT2D eigenvalue weighted by Crippen LogP contribution is 2.25. The summed E-state index contributed by atoms with van der Waals surface area (Å²) in [6, 6.07) is 8.65. The van der Waals surface area contributed by atoms with Crippen molar-refractivity contribution in [3.05, 3.63) is 57.5 Å². The first-order chi connectivity index (χ1) is 9.47. The highest BCUT2D eigenvalue weighted by molar-refractivity contribution is 9.10. The molecule has 0 bridgehead atoms. The van der Waals surface area contributed by atoms with Gasteiger partial charge in [-0.1, -0.05) is 17.7 Å². The van der Waals surface area contributed by atoms with Crippen LogP contribution in [0.15, 0.2) is 40.9 Å². The van der Waals surface area contributed by atoms with Gasteiger partial charge in [-0.25, -0.2) is 8.78 Å². The molecule has 0 aliphatic carbocycles. The molecule has 104 valence electrons. The SMILES string of the molecule is Fc1ccc(NC(=S)Nc2cccc(Cl)c2F)c(Br)c1. The average molecular weight is 378 g/mol. The van der Waals surface area contributed by atoms with E-state index in [0.29, 0.717) is 10.2 Å². The van der Waals surface area contributed by atoms with Gasteiger partial charge in [0.25, 0.3) is 0 Å². The van der Waals surface area contributed by atoms with Gasteiger partial charge in [-0.3, -0.25) is 0 Å². The first-order valence-electron chi connectivity index (χ1n) is 5.44. The standard InChI is InChI=1S/C13H8BrClF2N2S/c14-8-6-7(16)4-5-10(8)18-13(20)19-11-3-1-2-9(15)12(11)17/h1-6H,(H2,18,19,20). The Morgan fingerprint density at radius 3 is 2.50 bits per heavy atom. The van der Waals surface area contributed by atoms with Gasteiger partial charge in [-0.05, 0) is 58.5 Å². The van der Waals surface area contributed by atoms with E-state index < -0.39 is 5.82 Å². The number of thiocarbonyl (C=S) groups is 1. The van der Waals surface area contributed by atoms with Crippen molar-refractivity contribution in [2.24, 2.45) is 0 Å². The number of hydrogen-bond acceptors (Lipinski definition) is 1. The van der Waals surface area contributed by atoms with Gasteiger partial charge in [0.05, 0.1) is 16.4 Å². The van der Waals surface area contributed by atoms with Crippen LogP contribution in [0.3, 0.4) is 0 Å². The van der Waals surface area contributed by atoms with Crippen LogP contribution in [0, 0.1) is 11.6 Å². The third-order valence-corrected chi connectivity index (χ3v) is 3.53. The fourth-order valence-corrected chi connectivity index (χ4v) is 2.31. The number of benzene rings is 2. The van der Waals surface area contributed by atoms with Crippen LogP contribution in [0.2, 0.25) is 5.02 Å². The largest absolute Gasteiger partial charge is 0.332 e. The molecule has 2 N–H and O–H groups in total. The lowest BCUT2D eigenvalue weighted by Crippen LogP contribution is -2.20. The molecule has 0 saturated carbocycles. The quantitative estimate of drug-likeness (QED) is 0.704. The van der Waals surface area contributed by atoms with E-state index in [1.165, 1.54) is 30.3 Å². The zero-order valence-corrected chi connectivity index (χ0v) is 13.0. The van der Waals surface area contributed by atoms with Crippen molar-refractivity contribution in [1.29, 1.82) is 0 Å². The van der Waals surface area contributed by atoms with Crippen LogP contribution >= 0.6 is 39.7 Å². The van der Waals surface area contributed by atoms with E-state index in [0.717, 1.165) is 0 Å². The van der Waals surface area contributed by atoms with Crippen LogP contribution in [-0.2, 0) is 0 Å². The molecule has 7 heteroatoms. The van der Waals surface area contributed by atoms with Crippen molar-refractivity contribution in [2.45, 2.75) is 0 Å². The van der Waals surface area contributed by atoms with Crippen molar-refractivity contribution in [3.63, 3.8) is 0 Å². The Kier molecular flexibility index (Phi) is 4.91. The number of anilines is 2. The third-order valence-electron chi connectivity index (χ3n) is 2.38. The van der Waals surface area contributed by atoms with E-state index in [1.54, 1.807) is 6.07 Å². The highest BCUT2D eigenvalue weighted by Gasteiger charge is 2.09. The molecule has 0 aromatic heterocycles. The fraction of sp³-hybridized carbons (Fsp3) is 0. The van der Waals surface area contributed by atoms with E-state index in [4.69, 9.17) is 23.8 Å². The minimum Gasteiger partial charge on any atom is -0.332 e. The van der Waals surface area contributed by atoms with E-state index in [9.17, 15) is 8.78 Å². The van der Waals surface area contributed by atoms with Crippen molar-refractivity contribution < 1.29 is 8.78 Å². The number of nitrogens with one attached hydrogen (secondary N) is 2. The van der Waals surface area contributed by atoms with Gasteiger partial charge in [0.15, 0.2) is 10.9 Å². The summed E-state index contributed by atoms with van der Waals surface area (Å²) in [6.07, 6.45) is 0. The molecule has 0 spiro atoms. The molecular formula is C13H8BrClF2N2S. The molecular weight excluding hydrogens is 370 g/mol. The summed E-state index contributed by atoms with van der Waals surface area (Å²) in [5, 5.41) is 5.68.